The highest BCUT2D eigenvalue weighted by Crippen LogP contribution is 2.23. The van der Waals surface area contributed by atoms with Crippen molar-refractivity contribution in [3.05, 3.63) is 59.2 Å². The van der Waals surface area contributed by atoms with Crippen LogP contribution in [0.25, 0.3) is 0 Å². The van der Waals surface area contributed by atoms with E-state index in [9.17, 15) is 9.59 Å². The predicted octanol–water partition coefficient (Wildman–Crippen LogP) is 3.89. The normalized spacial score (nSPS) is 10.3. The van der Waals surface area contributed by atoms with E-state index in [1.54, 1.807) is 0 Å². The van der Waals surface area contributed by atoms with Gasteiger partial charge >= 0.3 is 5.97 Å². The first-order valence-corrected chi connectivity index (χ1v) is 8.65. The highest BCUT2D eigenvalue weighted by Gasteiger charge is 2.10. The number of carbonyl (C=O) groups is 2. The van der Waals surface area contributed by atoms with Gasteiger partial charge < -0.3 is 10.1 Å². The molecule has 1 N–H and O–H groups in total. The minimum absolute atomic E-state index is 0.182. The molecular weight excluding hydrogens is 322 g/mol. The first-order valence-electron chi connectivity index (χ1n) is 7.67. The molecule has 1 amide bonds. The lowest BCUT2D eigenvalue weighted by Gasteiger charge is -2.09. The van der Waals surface area contributed by atoms with Crippen molar-refractivity contribution < 1.29 is 14.3 Å². The van der Waals surface area contributed by atoms with Crippen LogP contribution < -0.4 is 5.32 Å². The van der Waals surface area contributed by atoms with E-state index in [2.05, 4.69) is 11.4 Å². The smallest absolute Gasteiger partial charge is 0.316 e. The quantitative estimate of drug-likeness (QED) is 0.639. The molecule has 0 aliphatic rings. The second kappa shape index (κ2) is 8.55. The van der Waals surface area contributed by atoms with Gasteiger partial charge in [-0.25, -0.2) is 0 Å². The number of benzene rings is 2. The zero-order chi connectivity index (χ0) is 17.5. The van der Waals surface area contributed by atoms with Gasteiger partial charge in [0.25, 0.3) is 5.91 Å². The fraction of sp³-hybridized carbons (Fsp3) is 0.263. The summed E-state index contributed by atoms with van der Waals surface area (Å²) in [6.45, 7) is 5.67. The van der Waals surface area contributed by atoms with Gasteiger partial charge in [0.1, 0.15) is 0 Å². The van der Waals surface area contributed by atoms with E-state index in [-0.39, 0.29) is 18.3 Å². The number of carbonyl (C=O) groups excluding carboxylic acids is 2. The molecule has 5 heteroatoms. The molecule has 0 bridgehead atoms. The summed E-state index contributed by atoms with van der Waals surface area (Å²) in [5.74, 6) is -0.560. The van der Waals surface area contributed by atoms with Gasteiger partial charge in [-0.3, -0.25) is 9.59 Å². The molecule has 24 heavy (non-hydrogen) atoms. The van der Waals surface area contributed by atoms with Crippen molar-refractivity contribution in [3.63, 3.8) is 0 Å². The largest absolute Gasteiger partial charge is 0.455 e. The van der Waals surface area contributed by atoms with Gasteiger partial charge in [0.05, 0.1) is 5.75 Å². The molecule has 2 rings (SSSR count). The number of esters is 1. The number of para-hydroxylation sites is 1. The molecule has 0 unspecified atom stereocenters. The molecule has 4 nitrogen and oxygen atoms in total. The number of thioether (sulfide) groups is 1. The molecule has 126 valence electrons. The van der Waals surface area contributed by atoms with Gasteiger partial charge in [-0.15, -0.1) is 11.8 Å². The van der Waals surface area contributed by atoms with Crippen molar-refractivity contribution in [2.24, 2.45) is 0 Å². The summed E-state index contributed by atoms with van der Waals surface area (Å²) in [7, 11) is 0. The Hall–Kier alpha value is -2.27. The fourth-order valence-corrected chi connectivity index (χ4v) is 2.99. The Morgan fingerprint density at radius 1 is 1.04 bits per heavy atom. The topological polar surface area (TPSA) is 55.4 Å². The molecule has 0 aliphatic heterocycles. The molecular formula is C19H21NO3S. The Morgan fingerprint density at radius 2 is 1.79 bits per heavy atom. The minimum Gasteiger partial charge on any atom is -0.455 e. The highest BCUT2D eigenvalue weighted by molar-refractivity contribution is 8.00. The average molecular weight is 343 g/mol. The molecule has 0 atom stereocenters. The second-order valence-corrected chi connectivity index (χ2v) is 6.60. The summed E-state index contributed by atoms with van der Waals surface area (Å²) >= 11 is 1.42. The van der Waals surface area contributed by atoms with Gasteiger partial charge in [0, 0.05) is 10.6 Å². The van der Waals surface area contributed by atoms with Crippen LogP contribution >= 0.6 is 11.8 Å². The SMILES string of the molecule is Cc1ccc(SCC(=O)OCC(=O)Nc2ccccc2C)c(C)c1. The zero-order valence-corrected chi connectivity index (χ0v) is 14.9. The predicted molar refractivity (Wildman–Crippen MR) is 97.4 cm³/mol. The molecule has 0 aliphatic carbocycles. The summed E-state index contributed by atoms with van der Waals surface area (Å²) in [4.78, 5) is 24.7. The van der Waals surface area contributed by atoms with Gasteiger partial charge in [0.15, 0.2) is 6.61 Å². The summed E-state index contributed by atoms with van der Waals surface area (Å²) in [6, 6.07) is 13.5. The van der Waals surface area contributed by atoms with Crippen molar-refractivity contribution in [3.8, 4) is 0 Å². The summed E-state index contributed by atoms with van der Waals surface area (Å²) < 4.78 is 5.03. The van der Waals surface area contributed by atoms with Crippen molar-refractivity contribution in [1.29, 1.82) is 0 Å². The van der Waals surface area contributed by atoms with Gasteiger partial charge in [-0.1, -0.05) is 35.9 Å². The third kappa shape index (κ3) is 5.42. The van der Waals surface area contributed by atoms with Crippen LogP contribution in [-0.2, 0) is 14.3 Å². The monoisotopic (exact) mass is 343 g/mol. The highest BCUT2D eigenvalue weighted by atomic mass is 32.2. The van der Waals surface area contributed by atoms with E-state index in [1.807, 2.05) is 57.2 Å². The van der Waals surface area contributed by atoms with Crippen LogP contribution in [0.3, 0.4) is 0 Å². The minimum atomic E-state index is -0.403. The maximum absolute atomic E-state index is 11.8. The number of nitrogens with one attached hydrogen (secondary N) is 1. The summed E-state index contributed by atoms with van der Waals surface area (Å²) in [6.07, 6.45) is 0. The van der Waals surface area contributed by atoms with Gasteiger partial charge in [-0.05, 0) is 44.0 Å². The standard InChI is InChI=1S/C19H21NO3S/c1-13-8-9-17(15(3)10-13)24-12-19(22)23-11-18(21)20-16-7-5-4-6-14(16)2/h4-10H,11-12H2,1-3H3,(H,20,21). The Kier molecular flexibility index (Phi) is 6.44. The number of aryl methyl sites for hydroxylation is 3. The van der Waals surface area contributed by atoms with E-state index in [0.717, 1.165) is 21.7 Å². The van der Waals surface area contributed by atoms with Crippen LogP contribution in [-0.4, -0.2) is 24.2 Å². The molecule has 0 aromatic heterocycles. The van der Waals surface area contributed by atoms with Crippen molar-refractivity contribution in [2.45, 2.75) is 25.7 Å². The number of amides is 1. The van der Waals surface area contributed by atoms with Crippen LogP contribution in [0.4, 0.5) is 5.69 Å². The number of rotatable bonds is 6. The van der Waals surface area contributed by atoms with Crippen LogP contribution in [0.15, 0.2) is 47.4 Å². The van der Waals surface area contributed by atoms with E-state index >= 15 is 0 Å². The molecule has 0 saturated carbocycles. The number of anilines is 1. The Balaban J connectivity index is 1.76. The fourth-order valence-electron chi connectivity index (χ4n) is 2.19. The first kappa shape index (κ1) is 18.1. The van der Waals surface area contributed by atoms with E-state index in [1.165, 1.54) is 17.3 Å². The maximum Gasteiger partial charge on any atom is 0.316 e. The molecule has 0 spiro atoms. The van der Waals surface area contributed by atoms with Gasteiger partial charge in [-0.2, -0.15) is 0 Å². The van der Waals surface area contributed by atoms with Crippen LogP contribution in [0.2, 0.25) is 0 Å². The van der Waals surface area contributed by atoms with E-state index < -0.39 is 5.97 Å². The summed E-state index contributed by atoms with van der Waals surface area (Å²) in [5.41, 5.74) is 4.00. The number of ether oxygens (including phenoxy) is 1. The van der Waals surface area contributed by atoms with E-state index in [0.29, 0.717) is 0 Å². The molecule has 0 fully saturated rings. The second-order valence-electron chi connectivity index (χ2n) is 5.58. The molecule has 2 aromatic rings. The molecule has 0 heterocycles. The van der Waals surface area contributed by atoms with Crippen LogP contribution in [0.1, 0.15) is 16.7 Å². The van der Waals surface area contributed by atoms with Crippen LogP contribution in [0.5, 0.6) is 0 Å². The maximum atomic E-state index is 11.8. The van der Waals surface area contributed by atoms with E-state index in [4.69, 9.17) is 4.74 Å². The molecule has 0 radical (unpaired) electrons. The van der Waals surface area contributed by atoms with Crippen LogP contribution in [0, 0.1) is 20.8 Å². The number of hydrogen-bond acceptors (Lipinski definition) is 4. The third-order valence-electron chi connectivity index (χ3n) is 3.46. The Morgan fingerprint density at radius 3 is 2.50 bits per heavy atom. The summed E-state index contributed by atoms with van der Waals surface area (Å²) in [5, 5.41) is 2.73. The average Bonchev–Trinajstić information content (AvgIpc) is 2.54. The first-order chi connectivity index (χ1) is 11.5. The number of hydrogen-bond donors (Lipinski definition) is 1. The van der Waals surface area contributed by atoms with Gasteiger partial charge in [0.2, 0.25) is 0 Å². The Bertz CT molecular complexity index is 743. The van der Waals surface area contributed by atoms with Crippen molar-refractivity contribution in [2.75, 3.05) is 17.7 Å². The molecule has 2 aromatic carbocycles. The lowest BCUT2D eigenvalue weighted by atomic mass is 10.2. The van der Waals surface area contributed by atoms with Crippen molar-refractivity contribution in [1.82, 2.24) is 0 Å². The lowest BCUT2D eigenvalue weighted by Crippen LogP contribution is -2.22. The third-order valence-corrected chi connectivity index (χ3v) is 4.61. The molecule has 0 saturated heterocycles. The lowest BCUT2D eigenvalue weighted by molar-refractivity contribution is -0.144. The van der Waals surface area contributed by atoms with Crippen molar-refractivity contribution >= 4 is 29.3 Å². The zero-order valence-electron chi connectivity index (χ0n) is 14.1. The Labute approximate surface area is 146 Å².